The third kappa shape index (κ3) is 4.33. The molecule has 0 spiro atoms. The second-order valence-electron chi connectivity index (χ2n) is 6.02. The number of carbonyl (C=O) groups is 1. The Kier molecular flexibility index (Phi) is 4.69. The number of halogens is 1. The van der Waals surface area contributed by atoms with Crippen molar-refractivity contribution in [1.82, 2.24) is 0 Å². The first-order valence-electron chi connectivity index (χ1n) is 6.88. The van der Waals surface area contributed by atoms with Crippen LogP contribution in [0.2, 0.25) is 5.02 Å². The third-order valence-electron chi connectivity index (χ3n) is 3.12. The number of ketones is 1. The minimum absolute atomic E-state index is 0.146. The molecule has 0 aliphatic carbocycles. The average Bonchev–Trinajstić information content (AvgIpc) is 2.45. The van der Waals surface area contributed by atoms with Crippen molar-refractivity contribution in [2.24, 2.45) is 5.41 Å². The minimum Gasteiger partial charge on any atom is -0.489 e. The standard InChI is InChI=1S/C18H19ClO2/c1-18(2,3)17(20)14-6-4-13(5-7-14)12-21-16-10-8-15(19)9-11-16/h4-11H,12H2,1-3H3. The van der Waals surface area contributed by atoms with Gasteiger partial charge < -0.3 is 4.74 Å². The molecular formula is C18H19ClO2. The molecule has 0 radical (unpaired) electrons. The fraction of sp³-hybridized carbons (Fsp3) is 0.278. The van der Waals surface area contributed by atoms with Crippen LogP contribution >= 0.6 is 11.6 Å². The maximum absolute atomic E-state index is 12.1. The van der Waals surface area contributed by atoms with Gasteiger partial charge in [-0.1, -0.05) is 56.6 Å². The van der Waals surface area contributed by atoms with Gasteiger partial charge in [-0.05, 0) is 29.8 Å². The largest absolute Gasteiger partial charge is 0.489 e. The monoisotopic (exact) mass is 302 g/mol. The molecule has 3 heteroatoms. The quantitative estimate of drug-likeness (QED) is 0.730. The Balaban J connectivity index is 2.00. The van der Waals surface area contributed by atoms with E-state index in [4.69, 9.17) is 16.3 Å². The molecule has 110 valence electrons. The highest BCUT2D eigenvalue weighted by Gasteiger charge is 2.22. The average molecular weight is 303 g/mol. The third-order valence-corrected chi connectivity index (χ3v) is 3.37. The van der Waals surface area contributed by atoms with Gasteiger partial charge in [0, 0.05) is 16.0 Å². The number of hydrogen-bond acceptors (Lipinski definition) is 2. The van der Waals surface area contributed by atoms with Crippen molar-refractivity contribution >= 4 is 17.4 Å². The molecule has 0 aliphatic rings. The molecule has 2 nitrogen and oxygen atoms in total. The van der Waals surface area contributed by atoms with Crippen LogP contribution in [-0.2, 0) is 6.61 Å². The number of Topliss-reactive ketones (excluding diaryl/α,β-unsaturated/α-hetero) is 1. The van der Waals surface area contributed by atoms with Gasteiger partial charge in [-0.25, -0.2) is 0 Å². The minimum atomic E-state index is -0.360. The lowest BCUT2D eigenvalue weighted by Gasteiger charge is -2.16. The van der Waals surface area contributed by atoms with Crippen molar-refractivity contribution < 1.29 is 9.53 Å². The van der Waals surface area contributed by atoms with E-state index in [9.17, 15) is 4.79 Å². The van der Waals surface area contributed by atoms with Gasteiger partial charge in [0.25, 0.3) is 0 Å². The van der Waals surface area contributed by atoms with Crippen molar-refractivity contribution in [2.45, 2.75) is 27.4 Å². The van der Waals surface area contributed by atoms with Crippen LogP contribution in [0.3, 0.4) is 0 Å². The topological polar surface area (TPSA) is 26.3 Å². The van der Waals surface area contributed by atoms with E-state index < -0.39 is 0 Å². The normalized spacial score (nSPS) is 11.2. The highest BCUT2D eigenvalue weighted by atomic mass is 35.5. The van der Waals surface area contributed by atoms with E-state index in [1.54, 1.807) is 12.1 Å². The van der Waals surface area contributed by atoms with E-state index in [2.05, 4.69) is 0 Å². The van der Waals surface area contributed by atoms with E-state index in [1.807, 2.05) is 57.2 Å². The first-order chi connectivity index (χ1) is 9.86. The lowest BCUT2D eigenvalue weighted by Crippen LogP contribution is -2.20. The van der Waals surface area contributed by atoms with Crippen molar-refractivity contribution in [3.8, 4) is 5.75 Å². The van der Waals surface area contributed by atoms with Crippen molar-refractivity contribution in [2.75, 3.05) is 0 Å². The Hall–Kier alpha value is -1.80. The number of hydrogen-bond donors (Lipinski definition) is 0. The van der Waals surface area contributed by atoms with Crippen LogP contribution in [0.5, 0.6) is 5.75 Å². The summed E-state index contributed by atoms with van der Waals surface area (Å²) in [5.41, 5.74) is 1.40. The number of rotatable bonds is 4. The number of carbonyl (C=O) groups excluding carboxylic acids is 1. The molecule has 0 N–H and O–H groups in total. The summed E-state index contributed by atoms with van der Waals surface area (Å²) >= 11 is 5.83. The molecule has 0 heterocycles. The molecule has 0 saturated heterocycles. The van der Waals surface area contributed by atoms with E-state index in [1.165, 1.54) is 0 Å². The Bertz CT molecular complexity index is 607. The van der Waals surface area contributed by atoms with Crippen LogP contribution < -0.4 is 4.74 Å². The van der Waals surface area contributed by atoms with Crippen LogP contribution in [-0.4, -0.2) is 5.78 Å². The fourth-order valence-electron chi connectivity index (χ4n) is 1.88. The van der Waals surface area contributed by atoms with Gasteiger partial charge in [-0.3, -0.25) is 4.79 Å². The van der Waals surface area contributed by atoms with Gasteiger partial charge in [-0.2, -0.15) is 0 Å². The van der Waals surface area contributed by atoms with Gasteiger partial charge in [0.05, 0.1) is 0 Å². The van der Waals surface area contributed by atoms with Gasteiger partial charge in [0.2, 0.25) is 0 Å². The summed E-state index contributed by atoms with van der Waals surface area (Å²) in [6.07, 6.45) is 0. The van der Waals surface area contributed by atoms with Crippen LogP contribution in [0.25, 0.3) is 0 Å². The molecule has 0 unspecified atom stereocenters. The summed E-state index contributed by atoms with van der Waals surface area (Å²) in [7, 11) is 0. The first-order valence-corrected chi connectivity index (χ1v) is 7.26. The van der Waals surface area contributed by atoms with Crippen LogP contribution in [0.4, 0.5) is 0 Å². The predicted molar refractivity (Wildman–Crippen MR) is 86.0 cm³/mol. The van der Waals surface area contributed by atoms with E-state index in [0.29, 0.717) is 11.6 Å². The van der Waals surface area contributed by atoms with Gasteiger partial charge in [0.15, 0.2) is 5.78 Å². The Labute approximate surface area is 130 Å². The van der Waals surface area contributed by atoms with Crippen molar-refractivity contribution in [1.29, 1.82) is 0 Å². The van der Waals surface area contributed by atoms with Gasteiger partial charge in [0.1, 0.15) is 12.4 Å². The molecule has 0 fully saturated rings. The number of benzene rings is 2. The summed E-state index contributed by atoms with van der Waals surface area (Å²) in [5, 5.41) is 0.687. The van der Waals surface area contributed by atoms with E-state index >= 15 is 0 Å². The molecule has 0 amide bonds. The van der Waals surface area contributed by atoms with Crippen LogP contribution in [0.1, 0.15) is 36.7 Å². The maximum atomic E-state index is 12.1. The number of ether oxygens (including phenoxy) is 1. The van der Waals surface area contributed by atoms with E-state index in [-0.39, 0.29) is 11.2 Å². The van der Waals surface area contributed by atoms with E-state index in [0.717, 1.165) is 16.9 Å². The van der Waals surface area contributed by atoms with Crippen molar-refractivity contribution in [3.63, 3.8) is 0 Å². The molecule has 21 heavy (non-hydrogen) atoms. The zero-order chi connectivity index (χ0) is 15.5. The molecule has 0 aliphatic heterocycles. The first kappa shape index (κ1) is 15.6. The molecule has 2 aromatic carbocycles. The lowest BCUT2D eigenvalue weighted by molar-refractivity contribution is 0.0858. The molecule has 2 rings (SSSR count). The lowest BCUT2D eigenvalue weighted by atomic mass is 9.86. The molecule has 2 aromatic rings. The summed E-state index contributed by atoms with van der Waals surface area (Å²) in [5.74, 6) is 0.918. The Morgan fingerprint density at radius 1 is 1.00 bits per heavy atom. The summed E-state index contributed by atoms with van der Waals surface area (Å²) in [4.78, 5) is 12.1. The van der Waals surface area contributed by atoms with Crippen LogP contribution in [0.15, 0.2) is 48.5 Å². The molecular weight excluding hydrogens is 284 g/mol. The highest BCUT2D eigenvalue weighted by molar-refractivity contribution is 6.30. The summed E-state index contributed by atoms with van der Waals surface area (Å²) in [6.45, 7) is 6.23. The second-order valence-corrected chi connectivity index (χ2v) is 6.46. The van der Waals surface area contributed by atoms with Crippen LogP contribution in [0, 0.1) is 5.41 Å². The Morgan fingerprint density at radius 3 is 2.10 bits per heavy atom. The SMILES string of the molecule is CC(C)(C)C(=O)c1ccc(COc2ccc(Cl)cc2)cc1. The smallest absolute Gasteiger partial charge is 0.168 e. The molecule has 0 atom stereocenters. The predicted octanol–water partition coefficient (Wildman–Crippen LogP) is 5.15. The molecule has 0 aromatic heterocycles. The zero-order valence-electron chi connectivity index (χ0n) is 12.5. The zero-order valence-corrected chi connectivity index (χ0v) is 13.3. The fourth-order valence-corrected chi connectivity index (χ4v) is 2.01. The summed E-state index contributed by atoms with van der Waals surface area (Å²) < 4.78 is 5.67. The van der Waals surface area contributed by atoms with Gasteiger partial charge >= 0.3 is 0 Å². The Morgan fingerprint density at radius 2 is 1.57 bits per heavy atom. The van der Waals surface area contributed by atoms with Crippen molar-refractivity contribution in [3.05, 3.63) is 64.7 Å². The maximum Gasteiger partial charge on any atom is 0.168 e. The van der Waals surface area contributed by atoms with Gasteiger partial charge in [-0.15, -0.1) is 0 Å². The second kappa shape index (κ2) is 6.31. The molecule has 0 saturated carbocycles. The molecule has 0 bridgehead atoms. The summed E-state index contributed by atoms with van der Waals surface area (Å²) in [6, 6.07) is 14.8. The highest BCUT2D eigenvalue weighted by Crippen LogP contribution is 2.21.